The first kappa shape index (κ1) is 17.5. The second-order valence-electron chi connectivity index (χ2n) is 6.13. The Labute approximate surface area is 165 Å². The molecule has 1 aliphatic heterocycles. The molecule has 2 heterocycles. The van der Waals surface area contributed by atoms with E-state index >= 15 is 0 Å². The molecule has 0 amide bonds. The maximum Gasteiger partial charge on any atom is 0.203 e. The summed E-state index contributed by atoms with van der Waals surface area (Å²) in [5, 5.41) is 1.15. The van der Waals surface area contributed by atoms with Gasteiger partial charge < -0.3 is 9.64 Å². The molecule has 0 unspecified atom stereocenters. The van der Waals surface area contributed by atoms with Crippen molar-refractivity contribution in [3.63, 3.8) is 0 Å². The Balaban J connectivity index is 1.75. The van der Waals surface area contributed by atoms with Crippen molar-refractivity contribution in [2.75, 3.05) is 31.2 Å². The van der Waals surface area contributed by atoms with Crippen molar-refractivity contribution in [2.24, 2.45) is 0 Å². The van der Waals surface area contributed by atoms with Crippen molar-refractivity contribution in [3.05, 3.63) is 75.6 Å². The van der Waals surface area contributed by atoms with Gasteiger partial charge in [0, 0.05) is 28.7 Å². The van der Waals surface area contributed by atoms with Crippen LogP contribution in [0.15, 0.2) is 65.1 Å². The molecular weight excluding hydrogens is 410 g/mol. The molecule has 0 saturated carbocycles. The predicted octanol–water partition coefficient (Wildman–Crippen LogP) is 5.25. The summed E-state index contributed by atoms with van der Waals surface area (Å²) in [5.74, 6) is 0.0687. The lowest BCUT2D eigenvalue weighted by molar-refractivity contribution is 0.104. The van der Waals surface area contributed by atoms with E-state index in [2.05, 4.69) is 33.0 Å². The third-order valence-electron chi connectivity index (χ3n) is 4.43. The lowest BCUT2D eigenvalue weighted by atomic mass is 10.1. The summed E-state index contributed by atoms with van der Waals surface area (Å²) in [4.78, 5) is 16.1. The predicted molar refractivity (Wildman–Crippen MR) is 110 cm³/mol. The number of anilines is 1. The Morgan fingerprint density at radius 1 is 1.00 bits per heavy atom. The van der Waals surface area contributed by atoms with Gasteiger partial charge in [0.05, 0.1) is 23.1 Å². The number of ketones is 1. The molecule has 4 rings (SSSR count). The number of nitrogens with zero attached hydrogens (tertiary/aromatic N) is 1. The molecule has 2 aromatic carbocycles. The number of carbonyl (C=O) groups is 1. The van der Waals surface area contributed by atoms with E-state index in [-0.39, 0.29) is 5.78 Å². The monoisotopic (exact) mass is 427 g/mol. The van der Waals surface area contributed by atoms with E-state index < -0.39 is 0 Å². The smallest absolute Gasteiger partial charge is 0.203 e. The number of carbonyl (C=O) groups excluding carboxylic acids is 1. The molecule has 1 saturated heterocycles. The summed E-state index contributed by atoms with van der Waals surface area (Å²) in [7, 11) is 0. The Morgan fingerprint density at radius 2 is 1.69 bits per heavy atom. The lowest BCUT2D eigenvalue weighted by Gasteiger charge is -2.28. The minimum Gasteiger partial charge on any atom is -0.378 e. The summed E-state index contributed by atoms with van der Waals surface area (Å²) in [6.45, 7) is 3.16. The largest absolute Gasteiger partial charge is 0.378 e. The third-order valence-corrected chi connectivity index (χ3v) is 6.15. The zero-order chi connectivity index (χ0) is 17.9. The van der Waals surface area contributed by atoms with Crippen molar-refractivity contribution in [2.45, 2.75) is 0 Å². The summed E-state index contributed by atoms with van der Waals surface area (Å²) < 4.78 is 6.46. The second-order valence-corrected chi connectivity index (χ2v) is 8.08. The molecule has 3 aromatic rings. The maximum absolute atomic E-state index is 13.0. The highest BCUT2D eigenvalue weighted by atomic mass is 79.9. The fourth-order valence-corrected chi connectivity index (χ4v) is 4.52. The first-order valence-electron chi connectivity index (χ1n) is 8.54. The molecule has 1 aromatic heterocycles. The third kappa shape index (κ3) is 3.61. The van der Waals surface area contributed by atoms with Crippen molar-refractivity contribution < 1.29 is 9.53 Å². The first-order chi connectivity index (χ1) is 12.7. The molecule has 132 valence electrons. The number of benzene rings is 2. The molecule has 0 radical (unpaired) electrons. The standard InChI is InChI=1S/C21H18BrNO2S/c22-17-8-6-16(7-9-17)20(24)19-14-18(15-4-2-1-3-5-15)21(26-19)23-10-12-25-13-11-23/h1-9,14H,10-13H2. The lowest BCUT2D eigenvalue weighted by Crippen LogP contribution is -2.35. The molecule has 0 N–H and O–H groups in total. The minimum atomic E-state index is 0.0687. The van der Waals surface area contributed by atoms with Gasteiger partial charge in [-0.2, -0.15) is 0 Å². The van der Waals surface area contributed by atoms with Crippen LogP contribution in [-0.2, 0) is 4.74 Å². The number of rotatable bonds is 4. The first-order valence-corrected chi connectivity index (χ1v) is 10.2. The second kappa shape index (κ2) is 7.74. The van der Waals surface area contributed by atoms with Crippen LogP contribution in [0.5, 0.6) is 0 Å². The summed E-state index contributed by atoms with van der Waals surface area (Å²) in [6, 6.07) is 19.8. The molecular formula is C21H18BrNO2S. The van der Waals surface area contributed by atoms with E-state index in [0.29, 0.717) is 5.56 Å². The van der Waals surface area contributed by atoms with E-state index in [1.54, 1.807) is 11.3 Å². The van der Waals surface area contributed by atoms with Gasteiger partial charge in [0.1, 0.15) is 0 Å². The Kier molecular flexibility index (Phi) is 5.20. The fraction of sp³-hybridized carbons (Fsp3) is 0.190. The van der Waals surface area contributed by atoms with E-state index in [9.17, 15) is 4.79 Å². The van der Waals surface area contributed by atoms with Crippen LogP contribution in [0.4, 0.5) is 5.00 Å². The summed E-state index contributed by atoms with van der Waals surface area (Å²) in [5.41, 5.74) is 2.97. The number of halogens is 1. The number of hydrogen-bond donors (Lipinski definition) is 0. The zero-order valence-electron chi connectivity index (χ0n) is 14.2. The van der Waals surface area contributed by atoms with Gasteiger partial charge in [0.15, 0.2) is 0 Å². The van der Waals surface area contributed by atoms with Crippen molar-refractivity contribution >= 4 is 38.1 Å². The SMILES string of the molecule is O=C(c1ccc(Br)cc1)c1cc(-c2ccccc2)c(N2CCOCC2)s1. The van der Waals surface area contributed by atoms with Crippen LogP contribution >= 0.6 is 27.3 Å². The number of morpholine rings is 1. The number of hydrogen-bond acceptors (Lipinski definition) is 4. The maximum atomic E-state index is 13.0. The molecule has 5 heteroatoms. The number of ether oxygens (including phenoxy) is 1. The molecule has 0 spiro atoms. The van der Waals surface area contributed by atoms with Crippen LogP contribution < -0.4 is 4.90 Å². The van der Waals surface area contributed by atoms with Gasteiger partial charge in [-0.15, -0.1) is 11.3 Å². The Morgan fingerprint density at radius 3 is 2.38 bits per heavy atom. The average molecular weight is 428 g/mol. The van der Waals surface area contributed by atoms with Crippen LogP contribution in [0.1, 0.15) is 15.2 Å². The molecule has 1 aliphatic rings. The van der Waals surface area contributed by atoms with E-state index in [4.69, 9.17) is 4.74 Å². The van der Waals surface area contributed by atoms with Gasteiger partial charge in [-0.05, 0) is 35.9 Å². The Hall–Kier alpha value is -1.95. The molecule has 0 aliphatic carbocycles. The fourth-order valence-electron chi connectivity index (χ4n) is 3.06. The quantitative estimate of drug-likeness (QED) is 0.532. The average Bonchev–Trinajstić information content (AvgIpc) is 3.15. The van der Waals surface area contributed by atoms with Crippen molar-refractivity contribution in [1.82, 2.24) is 0 Å². The van der Waals surface area contributed by atoms with Gasteiger partial charge >= 0.3 is 0 Å². The summed E-state index contributed by atoms with van der Waals surface area (Å²) >= 11 is 5.00. The van der Waals surface area contributed by atoms with Gasteiger partial charge in [-0.3, -0.25) is 4.79 Å². The highest BCUT2D eigenvalue weighted by Gasteiger charge is 2.22. The van der Waals surface area contributed by atoms with Gasteiger partial charge in [0.25, 0.3) is 0 Å². The van der Waals surface area contributed by atoms with Crippen LogP contribution in [0.25, 0.3) is 11.1 Å². The van der Waals surface area contributed by atoms with Gasteiger partial charge in [-0.25, -0.2) is 0 Å². The van der Waals surface area contributed by atoms with Gasteiger partial charge in [-0.1, -0.05) is 46.3 Å². The molecule has 3 nitrogen and oxygen atoms in total. The van der Waals surface area contributed by atoms with Crippen LogP contribution in [0.2, 0.25) is 0 Å². The van der Waals surface area contributed by atoms with E-state index in [0.717, 1.165) is 51.8 Å². The van der Waals surface area contributed by atoms with Crippen LogP contribution in [-0.4, -0.2) is 32.1 Å². The number of thiophene rings is 1. The van der Waals surface area contributed by atoms with E-state index in [1.165, 1.54) is 0 Å². The highest BCUT2D eigenvalue weighted by Crippen LogP contribution is 2.40. The highest BCUT2D eigenvalue weighted by molar-refractivity contribution is 9.10. The van der Waals surface area contributed by atoms with Crippen LogP contribution in [0.3, 0.4) is 0 Å². The normalized spacial score (nSPS) is 14.4. The van der Waals surface area contributed by atoms with E-state index in [1.807, 2.05) is 48.5 Å². The van der Waals surface area contributed by atoms with Crippen molar-refractivity contribution in [3.8, 4) is 11.1 Å². The van der Waals surface area contributed by atoms with Gasteiger partial charge in [0.2, 0.25) is 5.78 Å². The molecule has 0 bridgehead atoms. The van der Waals surface area contributed by atoms with Crippen LogP contribution in [0, 0.1) is 0 Å². The molecule has 0 atom stereocenters. The molecule has 1 fully saturated rings. The summed E-state index contributed by atoms with van der Waals surface area (Å²) in [6.07, 6.45) is 0. The minimum absolute atomic E-state index is 0.0687. The van der Waals surface area contributed by atoms with Crippen molar-refractivity contribution in [1.29, 1.82) is 0 Å². The topological polar surface area (TPSA) is 29.5 Å². The zero-order valence-corrected chi connectivity index (χ0v) is 16.6. The molecule has 26 heavy (non-hydrogen) atoms. The Bertz CT molecular complexity index is 900.